The summed E-state index contributed by atoms with van der Waals surface area (Å²) in [7, 11) is 1.90. The van der Waals surface area contributed by atoms with Gasteiger partial charge in [-0.15, -0.1) is 11.3 Å². The molecule has 0 bridgehead atoms. The van der Waals surface area contributed by atoms with Crippen molar-refractivity contribution < 1.29 is 0 Å². The lowest BCUT2D eigenvalue weighted by molar-refractivity contribution is 0.917. The molecular formula is C14H13N5S. The first-order chi connectivity index (χ1) is 9.86. The summed E-state index contributed by atoms with van der Waals surface area (Å²) in [6.07, 6.45) is 6.96. The topological polar surface area (TPSA) is 63.6 Å². The molecule has 5 nitrogen and oxygen atoms in total. The fraction of sp³-hybridized carbons (Fsp3) is 0.286. The van der Waals surface area contributed by atoms with Gasteiger partial charge in [0, 0.05) is 24.3 Å². The molecule has 3 heterocycles. The van der Waals surface area contributed by atoms with Crippen LogP contribution in [0.3, 0.4) is 0 Å². The quantitative estimate of drug-likeness (QED) is 0.783. The average molecular weight is 283 g/mol. The molecule has 1 aliphatic rings. The van der Waals surface area contributed by atoms with Crippen LogP contribution in [-0.2, 0) is 12.8 Å². The summed E-state index contributed by atoms with van der Waals surface area (Å²) in [5.41, 5.74) is 1.43. The second kappa shape index (κ2) is 4.49. The van der Waals surface area contributed by atoms with E-state index in [-0.39, 0.29) is 0 Å². The number of fused-ring (bicyclic) bond motifs is 3. The summed E-state index contributed by atoms with van der Waals surface area (Å²) in [4.78, 5) is 20.2. The van der Waals surface area contributed by atoms with Gasteiger partial charge in [0.05, 0.1) is 5.39 Å². The molecule has 0 saturated carbocycles. The van der Waals surface area contributed by atoms with Crippen LogP contribution in [0.1, 0.15) is 16.9 Å². The number of aryl methyl sites for hydroxylation is 2. The van der Waals surface area contributed by atoms with Crippen LogP contribution in [0.4, 0.5) is 5.82 Å². The van der Waals surface area contributed by atoms with E-state index in [0.29, 0.717) is 11.6 Å². The predicted molar refractivity (Wildman–Crippen MR) is 80.0 cm³/mol. The third-order valence-corrected chi connectivity index (χ3v) is 4.75. The number of nitrogens with one attached hydrogen (secondary N) is 1. The molecule has 0 unspecified atom stereocenters. The molecule has 0 saturated heterocycles. The summed E-state index contributed by atoms with van der Waals surface area (Å²) >= 11 is 1.78. The highest BCUT2D eigenvalue weighted by molar-refractivity contribution is 7.19. The minimum atomic E-state index is 0.569. The Bertz CT molecular complexity index is 781. The highest BCUT2D eigenvalue weighted by atomic mass is 32.1. The zero-order valence-corrected chi connectivity index (χ0v) is 11.9. The van der Waals surface area contributed by atoms with Crippen molar-refractivity contribution in [2.75, 3.05) is 12.4 Å². The van der Waals surface area contributed by atoms with E-state index in [1.54, 1.807) is 29.8 Å². The van der Waals surface area contributed by atoms with E-state index in [1.807, 2.05) is 7.05 Å². The van der Waals surface area contributed by atoms with Gasteiger partial charge in [-0.3, -0.25) is 0 Å². The maximum Gasteiger partial charge on any atom is 0.201 e. The van der Waals surface area contributed by atoms with Crippen molar-refractivity contribution in [3.63, 3.8) is 0 Å². The first kappa shape index (κ1) is 11.7. The SMILES string of the molecule is CNc1nc(-c2ncccn2)nc2sc3c(c12)CCC3. The van der Waals surface area contributed by atoms with E-state index in [4.69, 9.17) is 0 Å². The molecule has 0 aliphatic heterocycles. The Balaban J connectivity index is 1.98. The third kappa shape index (κ3) is 1.68. The lowest BCUT2D eigenvalue weighted by Gasteiger charge is -2.05. The van der Waals surface area contributed by atoms with Gasteiger partial charge >= 0.3 is 0 Å². The van der Waals surface area contributed by atoms with E-state index >= 15 is 0 Å². The van der Waals surface area contributed by atoms with Crippen molar-refractivity contribution in [1.29, 1.82) is 0 Å². The summed E-state index contributed by atoms with van der Waals surface area (Å²) in [5, 5.41) is 4.38. The Hall–Kier alpha value is -2.08. The number of hydrogen-bond acceptors (Lipinski definition) is 6. The number of thiophene rings is 1. The fourth-order valence-electron chi connectivity index (χ4n) is 2.69. The first-order valence-corrected chi connectivity index (χ1v) is 7.46. The Kier molecular flexibility index (Phi) is 2.63. The zero-order valence-electron chi connectivity index (χ0n) is 11.1. The first-order valence-electron chi connectivity index (χ1n) is 6.64. The molecular weight excluding hydrogens is 270 g/mol. The van der Waals surface area contributed by atoms with Crippen LogP contribution < -0.4 is 5.32 Å². The smallest absolute Gasteiger partial charge is 0.201 e. The molecule has 3 aromatic rings. The van der Waals surface area contributed by atoms with Crippen LogP contribution in [0.15, 0.2) is 18.5 Å². The molecule has 0 amide bonds. The van der Waals surface area contributed by atoms with Gasteiger partial charge in [-0.05, 0) is 30.9 Å². The van der Waals surface area contributed by atoms with E-state index < -0.39 is 0 Å². The van der Waals surface area contributed by atoms with Crippen LogP contribution in [0.25, 0.3) is 21.9 Å². The molecule has 3 aromatic heterocycles. The number of rotatable bonds is 2. The van der Waals surface area contributed by atoms with E-state index in [0.717, 1.165) is 23.5 Å². The molecule has 1 aliphatic carbocycles. The summed E-state index contributed by atoms with van der Waals surface area (Å²) < 4.78 is 0. The van der Waals surface area contributed by atoms with Crippen LogP contribution in [-0.4, -0.2) is 27.0 Å². The van der Waals surface area contributed by atoms with E-state index in [9.17, 15) is 0 Å². The zero-order chi connectivity index (χ0) is 13.5. The molecule has 6 heteroatoms. The minimum Gasteiger partial charge on any atom is -0.372 e. The Morgan fingerprint density at radius 1 is 1.10 bits per heavy atom. The second-order valence-corrected chi connectivity index (χ2v) is 5.84. The second-order valence-electron chi connectivity index (χ2n) is 4.76. The lowest BCUT2D eigenvalue weighted by Crippen LogP contribution is -2.00. The summed E-state index contributed by atoms with van der Waals surface area (Å²) in [6.45, 7) is 0. The summed E-state index contributed by atoms with van der Waals surface area (Å²) in [6, 6.07) is 1.79. The highest BCUT2D eigenvalue weighted by Crippen LogP contribution is 2.39. The molecule has 20 heavy (non-hydrogen) atoms. The highest BCUT2D eigenvalue weighted by Gasteiger charge is 2.22. The Morgan fingerprint density at radius 2 is 1.95 bits per heavy atom. The van der Waals surface area contributed by atoms with Crippen molar-refractivity contribution in [3.05, 3.63) is 28.9 Å². The molecule has 0 aromatic carbocycles. The standard InChI is InChI=1S/C14H13N5S/c1-15-11-10-8-4-2-5-9(8)20-14(10)19-13(18-11)12-16-6-3-7-17-12/h3,6-7H,2,4-5H2,1H3,(H,15,18,19). The number of anilines is 1. The van der Waals surface area contributed by atoms with Gasteiger partial charge in [0.25, 0.3) is 0 Å². The van der Waals surface area contributed by atoms with Crippen molar-refractivity contribution in [3.8, 4) is 11.6 Å². The van der Waals surface area contributed by atoms with Gasteiger partial charge in [0.2, 0.25) is 5.82 Å². The molecule has 0 atom stereocenters. The molecule has 4 rings (SSSR count). The van der Waals surface area contributed by atoms with Crippen LogP contribution in [0.2, 0.25) is 0 Å². The molecule has 0 spiro atoms. The van der Waals surface area contributed by atoms with Gasteiger partial charge in [-0.2, -0.15) is 0 Å². The number of aromatic nitrogens is 4. The average Bonchev–Trinajstić information content (AvgIpc) is 3.07. The van der Waals surface area contributed by atoms with Gasteiger partial charge < -0.3 is 5.32 Å². The van der Waals surface area contributed by atoms with E-state index in [2.05, 4.69) is 25.3 Å². The van der Waals surface area contributed by atoms with Gasteiger partial charge in [0.15, 0.2) is 5.82 Å². The van der Waals surface area contributed by atoms with Crippen molar-refractivity contribution in [1.82, 2.24) is 19.9 Å². The molecule has 1 N–H and O–H groups in total. The fourth-order valence-corrected chi connectivity index (χ4v) is 3.95. The van der Waals surface area contributed by atoms with Crippen LogP contribution in [0.5, 0.6) is 0 Å². The summed E-state index contributed by atoms with van der Waals surface area (Å²) in [5.74, 6) is 2.04. The van der Waals surface area contributed by atoms with Gasteiger partial charge in [-0.1, -0.05) is 0 Å². The predicted octanol–water partition coefficient (Wildman–Crippen LogP) is 2.68. The third-order valence-electron chi connectivity index (χ3n) is 3.57. The van der Waals surface area contributed by atoms with Crippen molar-refractivity contribution in [2.24, 2.45) is 0 Å². The van der Waals surface area contributed by atoms with E-state index in [1.165, 1.54) is 22.2 Å². The van der Waals surface area contributed by atoms with Crippen LogP contribution >= 0.6 is 11.3 Å². The normalized spacial score (nSPS) is 13.7. The Labute approximate surface area is 120 Å². The maximum absolute atomic E-state index is 4.66. The molecule has 0 radical (unpaired) electrons. The van der Waals surface area contributed by atoms with Crippen molar-refractivity contribution in [2.45, 2.75) is 19.3 Å². The number of hydrogen-bond donors (Lipinski definition) is 1. The monoisotopic (exact) mass is 283 g/mol. The van der Waals surface area contributed by atoms with Gasteiger partial charge in [0.1, 0.15) is 10.6 Å². The van der Waals surface area contributed by atoms with Gasteiger partial charge in [-0.25, -0.2) is 19.9 Å². The van der Waals surface area contributed by atoms with Crippen molar-refractivity contribution >= 4 is 27.4 Å². The molecule has 0 fully saturated rings. The Morgan fingerprint density at radius 3 is 2.75 bits per heavy atom. The maximum atomic E-state index is 4.66. The molecule has 100 valence electrons. The minimum absolute atomic E-state index is 0.569. The lowest BCUT2D eigenvalue weighted by atomic mass is 10.2. The van der Waals surface area contributed by atoms with Crippen LogP contribution in [0, 0.1) is 0 Å². The number of nitrogens with zero attached hydrogens (tertiary/aromatic N) is 4. The largest absolute Gasteiger partial charge is 0.372 e.